The minimum Gasteiger partial charge on any atom is -0.376 e. The molecule has 24 heavy (non-hydrogen) atoms. The Morgan fingerprint density at radius 3 is 2.75 bits per heavy atom. The minimum absolute atomic E-state index is 0.0388. The molecule has 0 radical (unpaired) electrons. The molecule has 4 rings (SSSR count). The van der Waals surface area contributed by atoms with Gasteiger partial charge in [0, 0.05) is 29.9 Å². The van der Waals surface area contributed by atoms with Crippen molar-refractivity contribution in [1.82, 2.24) is 15.0 Å². The molecule has 122 valence electrons. The molecule has 6 heteroatoms. The highest BCUT2D eigenvalue weighted by Gasteiger charge is 2.15. The first-order valence-electron chi connectivity index (χ1n) is 8.00. The first-order chi connectivity index (χ1) is 11.9. The topological polar surface area (TPSA) is 69.2 Å². The molecule has 1 saturated heterocycles. The highest BCUT2D eigenvalue weighted by molar-refractivity contribution is 5.90. The van der Waals surface area contributed by atoms with Crippen molar-refractivity contribution in [2.75, 3.05) is 31.7 Å². The van der Waals surface area contributed by atoms with Crippen LogP contribution in [-0.4, -0.2) is 47.4 Å². The number of para-hydroxylation sites is 1. The summed E-state index contributed by atoms with van der Waals surface area (Å²) in [6.07, 6.45) is 3.53. The molecule has 0 spiro atoms. The van der Waals surface area contributed by atoms with Crippen molar-refractivity contribution < 1.29 is 9.47 Å². The van der Waals surface area contributed by atoms with Gasteiger partial charge in [-0.1, -0.05) is 12.1 Å². The molecule has 3 aromatic rings. The average molecular weight is 322 g/mol. The van der Waals surface area contributed by atoms with Gasteiger partial charge in [0.1, 0.15) is 5.82 Å². The van der Waals surface area contributed by atoms with Crippen molar-refractivity contribution in [3.63, 3.8) is 0 Å². The van der Waals surface area contributed by atoms with Gasteiger partial charge in [-0.15, -0.1) is 0 Å². The van der Waals surface area contributed by atoms with E-state index in [-0.39, 0.29) is 6.10 Å². The Kier molecular flexibility index (Phi) is 4.31. The van der Waals surface area contributed by atoms with Gasteiger partial charge < -0.3 is 14.8 Å². The second-order valence-electron chi connectivity index (χ2n) is 5.60. The Morgan fingerprint density at radius 2 is 1.92 bits per heavy atom. The molecule has 2 aromatic heterocycles. The number of anilines is 1. The zero-order valence-electron chi connectivity index (χ0n) is 13.2. The lowest BCUT2D eigenvalue weighted by atomic mass is 10.2. The summed E-state index contributed by atoms with van der Waals surface area (Å²) in [7, 11) is 0. The number of hydrogen-bond donors (Lipinski definition) is 1. The molecule has 1 aliphatic rings. The highest BCUT2D eigenvalue weighted by atomic mass is 16.6. The van der Waals surface area contributed by atoms with E-state index in [0.717, 1.165) is 22.3 Å². The van der Waals surface area contributed by atoms with E-state index in [9.17, 15) is 0 Å². The SMILES string of the molecule is c1ccc2c(NC[C@H]3COCCO3)nc(-c3ccncc3)nc2c1. The highest BCUT2D eigenvalue weighted by Crippen LogP contribution is 2.24. The molecule has 1 aromatic carbocycles. The number of ether oxygens (including phenoxy) is 2. The molecule has 6 nitrogen and oxygen atoms in total. The van der Waals surface area contributed by atoms with Gasteiger partial charge in [0.2, 0.25) is 0 Å². The van der Waals surface area contributed by atoms with Crippen LogP contribution < -0.4 is 5.32 Å². The van der Waals surface area contributed by atoms with E-state index in [1.54, 1.807) is 12.4 Å². The molecule has 0 saturated carbocycles. The summed E-state index contributed by atoms with van der Waals surface area (Å²) in [5.41, 5.74) is 1.85. The van der Waals surface area contributed by atoms with E-state index >= 15 is 0 Å². The Balaban J connectivity index is 1.67. The summed E-state index contributed by atoms with van der Waals surface area (Å²) >= 11 is 0. The van der Waals surface area contributed by atoms with Crippen molar-refractivity contribution in [3.8, 4) is 11.4 Å². The summed E-state index contributed by atoms with van der Waals surface area (Å²) in [6, 6.07) is 11.8. The number of rotatable bonds is 4. The van der Waals surface area contributed by atoms with Crippen molar-refractivity contribution in [2.45, 2.75) is 6.10 Å². The van der Waals surface area contributed by atoms with E-state index in [2.05, 4.69) is 15.3 Å². The Labute approximate surface area is 139 Å². The lowest BCUT2D eigenvalue weighted by Crippen LogP contribution is -2.34. The third kappa shape index (κ3) is 3.20. The molecule has 3 heterocycles. The van der Waals surface area contributed by atoms with Gasteiger partial charge in [0.05, 0.1) is 31.4 Å². The fourth-order valence-electron chi connectivity index (χ4n) is 2.71. The number of pyridine rings is 1. The normalized spacial score (nSPS) is 17.8. The van der Waals surface area contributed by atoms with Crippen LogP contribution in [0.15, 0.2) is 48.8 Å². The van der Waals surface area contributed by atoms with Gasteiger partial charge in [-0.2, -0.15) is 0 Å². The number of nitrogens with one attached hydrogen (secondary N) is 1. The largest absolute Gasteiger partial charge is 0.376 e. The molecule has 0 unspecified atom stereocenters. The first-order valence-corrected chi connectivity index (χ1v) is 8.00. The molecule has 1 aliphatic heterocycles. The maximum absolute atomic E-state index is 5.69. The van der Waals surface area contributed by atoms with E-state index in [0.29, 0.717) is 32.2 Å². The molecule has 0 bridgehead atoms. The van der Waals surface area contributed by atoms with E-state index < -0.39 is 0 Å². The number of benzene rings is 1. The summed E-state index contributed by atoms with van der Waals surface area (Å²) in [5.74, 6) is 1.49. The maximum Gasteiger partial charge on any atom is 0.162 e. The zero-order valence-corrected chi connectivity index (χ0v) is 13.2. The first kappa shape index (κ1) is 15.0. The van der Waals surface area contributed by atoms with Crippen molar-refractivity contribution in [1.29, 1.82) is 0 Å². The maximum atomic E-state index is 5.69. The van der Waals surface area contributed by atoms with Crippen LogP contribution in [0.4, 0.5) is 5.82 Å². The Hall–Kier alpha value is -2.57. The summed E-state index contributed by atoms with van der Waals surface area (Å²) in [5, 5.41) is 4.39. The molecule has 1 N–H and O–H groups in total. The van der Waals surface area contributed by atoms with E-state index in [4.69, 9.17) is 14.5 Å². The molecule has 0 aliphatic carbocycles. The summed E-state index contributed by atoms with van der Waals surface area (Å²) in [6.45, 7) is 2.56. The molecule has 1 atom stereocenters. The Morgan fingerprint density at radius 1 is 1.04 bits per heavy atom. The molecular formula is C18H18N4O2. The third-order valence-corrected chi connectivity index (χ3v) is 3.92. The average Bonchev–Trinajstić information content (AvgIpc) is 2.67. The van der Waals surface area contributed by atoms with Crippen LogP contribution in [0.1, 0.15) is 0 Å². The Bertz CT molecular complexity index is 820. The van der Waals surface area contributed by atoms with Crippen LogP contribution >= 0.6 is 0 Å². The van der Waals surface area contributed by atoms with Gasteiger partial charge in [0.25, 0.3) is 0 Å². The smallest absolute Gasteiger partial charge is 0.162 e. The second kappa shape index (κ2) is 6.90. The second-order valence-corrected chi connectivity index (χ2v) is 5.60. The van der Waals surface area contributed by atoms with Crippen LogP contribution in [0, 0.1) is 0 Å². The van der Waals surface area contributed by atoms with Crippen molar-refractivity contribution >= 4 is 16.7 Å². The molecular weight excluding hydrogens is 304 g/mol. The fraction of sp³-hybridized carbons (Fsp3) is 0.278. The number of hydrogen-bond acceptors (Lipinski definition) is 6. The van der Waals surface area contributed by atoms with Gasteiger partial charge in [0.15, 0.2) is 5.82 Å². The standard InChI is InChI=1S/C18H18N4O2/c1-2-4-16-15(3-1)18(20-11-14-12-23-9-10-24-14)22-17(21-16)13-5-7-19-8-6-13/h1-8,14H,9-12H2,(H,20,21,22)/t14-/m0/s1. The van der Waals surface area contributed by atoms with Gasteiger partial charge in [-0.25, -0.2) is 9.97 Å². The number of fused-ring (bicyclic) bond motifs is 1. The van der Waals surface area contributed by atoms with E-state index in [1.807, 2.05) is 36.4 Å². The monoisotopic (exact) mass is 322 g/mol. The van der Waals surface area contributed by atoms with Crippen molar-refractivity contribution in [3.05, 3.63) is 48.8 Å². The number of aromatic nitrogens is 3. The van der Waals surface area contributed by atoms with Crippen LogP contribution in [0.2, 0.25) is 0 Å². The van der Waals surface area contributed by atoms with Gasteiger partial charge in [-0.05, 0) is 24.3 Å². The fourth-order valence-corrected chi connectivity index (χ4v) is 2.71. The van der Waals surface area contributed by atoms with Crippen LogP contribution in [-0.2, 0) is 9.47 Å². The van der Waals surface area contributed by atoms with E-state index in [1.165, 1.54) is 0 Å². The van der Waals surface area contributed by atoms with Crippen molar-refractivity contribution in [2.24, 2.45) is 0 Å². The minimum atomic E-state index is 0.0388. The van der Waals surface area contributed by atoms with Crippen LogP contribution in [0.3, 0.4) is 0 Å². The summed E-state index contributed by atoms with van der Waals surface area (Å²) < 4.78 is 11.1. The number of nitrogens with zero attached hydrogens (tertiary/aromatic N) is 3. The van der Waals surface area contributed by atoms with Gasteiger partial charge >= 0.3 is 0 Å². The molecule has 1 fully saturated rings. The quantitative estimate of drug-likeness (QED) is 0.796. The predicted molar refractivity (Wildman–Crippen MR) is 91.8 cm³/mol. The van der Waals surface area contributed by atoms with Crippen LogP contribution in [0.5, 0.6) is 0 Å². The lowest BCUT2D eigenvalue weighted by molar-refractivity contribution is -0.0819. The molecule has 0 amide bonds. The van der Waals surface area contributed by atoms with Crippen LogP contribution in [0.25, 0.3) is 22.3 Å². The van der Waals surface area contributed by atoms with Gasteiger partial charge in [-0.3, -0.25) is 4.98 Å². The third-order valence-electron chi connectivity index (χ3n) is 3.92. The lowest BCUT2D eigenvalue weighted by Gasteiger charge is -2.23. The zero-order chi connectivity index (χ0) is 16.2. The summed E-state index contributed by atoms with van der Waals surface area (Å²) in [4.78, 5) is 13.4. The predicted octanol–water partition coefficient (Wildman–Crippen LogP) is 2.52.